The second-order valence-electron chi connectivity index (χ2n) is 23.8. The number of aromatic amines is 1. The van der Waals surface area contributed by atoms with E-state index in [1.807, 2.05) is 0 Å². The molecule has 0 aliphatic carbocycles. The smallest absolute Gasteiger partial charge is 0.408 e. The number of aliphatic hydroxyl groups is 1. The number of para-hydroxylation sites is 1. The fourth-order valence-electron chi connectivity index (χ4n) is 9.01. The van der Waals surface area contributed by atoms with Gasteiger partial charge in [-0.15, -0.1) is 0 Å². The number of alkyl carbamates (subject to hydrolysis) is 2. The van der Waals surface area contributed by atoms with E-state index in [1.54, 1.807) is 102 Å². The van der Waals surface area contributed by atoms with Crippen LogP contribution < -0.4 is 53.6 Å². The van der Waals surface area contributed by atoms with E-state index >= 15 is 14.4 Å². The fraction of sp³-hybridized carbons (Fsp3) is 0.500. The van der Waals surface area contributed by atoms with Crippen molar-refractivity contribution in [2.75, 3.05) is 18.1 Å². The minimum absolute atomic E-state index is 0.0696. The number of carbonyl (C=O) groups is 10. The number of nitrogens with one attached hydrogen (secondary N) is 10. The zero-order valence-electron chi connectivity index (χ0n) is 50.8. The van der Waals surface area contributed by atoms with Gasteiger partial charge in [0.05, 0.1) is 6.10 Å². The Kier molecular flexibility index (Phi) is 26.3. The van der Waals surface area contributed by atoms with Gasteiger partial charge in [-0.3, -0.25) is 38.4 Å². The van der Waals surface area contributed by atoms with Crippen LogP contribution in [0, 0.1) is 0 Å². The summed E-state index contributed by atoms with van der Waals surface area (Å²) in [6, 6.07) is 9.48. The van der Waals surface area contributed by atoms with Gasteiger partial charge < -0.3 is 78.3 Å². The van der Waals surface area contributed by atoms with Crippen LogP contribution in [0.15, 0.2) is 85.1 Å². The van der Waals surface area contributed by atoms with Gasteiger partial charge in [0.2, 0.25) is 47.3 Å². The Morgan fingerprint density at radius 1 is 0.682 bits per heavy atom. The number of unbranched alkanes of at least 4 members (excludes halogenated alkanes) is 1. The van der Waals surface area contributed by atoms with E-state index in [0.717, 1.165) is 21.6 Å². The van der Waals surface area contributed by atoms with Gasteiger partial charge in [-0.25, -0.2) is 9.59 Å². The molecule has 0 radical (unpaired) electrons. The molecule has 1 fully saturated rings. The number of nitrogens with two attached hydrogens (primary N) is 1. The molecule has 14 N–H and O–H groups in total. The number of hydrogen-bond donors (Lipinski definition) is 14. The number of thiol groups is 1. The minimum atomic E-state index is -1.80. The largest absolute Gasteiger partial charge is 0.508 e. The van der Waals surface area contributed by atoms with Crippen molar-refractivity contribution >= 4 is 105 Å². The summed E-state index contributed by atoms with van der Waals surface area (Å²) in [5.74, 6) is -8.26. The zero-order valence-corrected chi connectivity index (χ0v) is 53.3. The highest BCUT2D eigenvalue weighted by atomic mass is 33.1. The average molecular weight is 1280 g/mol. The predicted molar refractivity (Wildman–Crippen MR) is 338 cm³/mol. The van der Waals surface area contributed by atoms with Crippen molar-refractivity contribution in [3.8, 4) is 5.75 Å². The summed E-state index contributed by atoms with van der Waals surface area (Å²) in [6.07, 6.45) is -1.83. The lowest BCUT2D eigenvalue weighted by Gasteiger charge is -2.31. The molecule has 1 aromatic heterocycles. The van der Waals surface area contributed by atoms with Gasteiger partial charge in [-0.05, 0) is 116 Å². The molecular weight excluding hydrogens is 1190 g/mol. The lowest BCUT2D eigenvalue weighted by molar-refractivity contribution is -0.136. The number of phenolic OH excluding ortho intramolecular Hbond substituents is 1. The number of aromatic hydroxyl groups is 1. The van der Waals surface area contributed by atoms with Gasteiger partial charge in [0.15, 0.2) is 0 Å². The van der Waals surface area contributed by atoms with Gasteiger partial charge in [0, 0.05) is 59.2 Å². The van der Waals surface area contributed by atoms with Crippen molar-refractivity contribution in [1.29, 1.82) is 0 Å². The number of aliphatic hydroxyl groups excluding tert-OH is 1. The van der Waals surface area contributed by atoms with Crippen LogP contribution in [-0.4, -0.2) is 163 Å². The number of amides is 10. The van der Waals surface area contributed by atoms with E-state index in [1.165, 1.54) is 45.0 Å². The van der Waals surface area contributed by atoms with Gasteiger partial charge in [-0.1, -0.05) is 82.3 Å². The van der Waals surface area contributed by atoms with Crippen LogP contribution in [0.1, 0.15) is 98.3 Å². The van der Waals surface area contributed by atoms with Crippen LogP contribution in [0.5, 0.6) is 5.75 Å². The first-order valence-electron chi connectivity index (χ1n) is 28.7. The van der Waals surface area contributed by atoms with Gasteiger partial charge in [0.1, 0.15) is 65.3 Å². The lowest BCUT2D eigenvalue weighted by Crippen LogP contribution is -2.63. The second kappa shape index (κ2) is 32.5. The molecule has 0 saturated carbocycles. The first kappa shape index (κ1) is 71.1. The number of rotatable bonds is 19. The SMILES string of the molecule is C[C@@H](O)[C@@H]1NC(=O)[C@H](CCCCNC(=O)OC(C)(C)C)NC(=O)[C@@H](Cc2c[nH]c3ccccc23)NC(=O)[C@H](Cc2ccc(O)cc2)NC(=O)[C@@H](NC(=O)[C@@H](Cc2ccccc2)NC(=O)OC(C)(C)C)CSSC[C@@H](C(=O)N[C@H](C(N)=O)C(C)(C)S)NC1=O. The Balaban J connectivity index is 1.63. The summed E-state index contributed by atoms with van der Waals surface area (Å²) in [6.45, 7) is 14.3. The number of H-pyrrole nitrogens is 1. The van der Waals surface area contributed by atoms with Crippen molar-refractivity contribution in [3.05, 3.63) is 102 Å². The maximum Gasteiger partial charge on any atom is 0.408 e. The molecule has 88 heavy (non-hydrogen) atoms. The molecule has 0 bridgehead atoms. The number of primary amides is 1. The van der Waals surface area contributed by atoms with E-state index < -0.39 is 130 Å². The number of phenols is 1. The van der Waals surface area contributed by atoms with Gasteiger partial charge >= 0.3 is 12.2 Å². The highest BCUT2D eigenvalue weighted by Gasteiger charge is 2.39. The zero-order chi connectivity index (χ0) is 65.1. The van der Waals surface area contributed by atoms with E-state index in [-0.39, 0.29) is 62.3 Å². The molecular formula is C60H83N11O14S3. The van der Waals surface area contributed by atoms with E-state index in [4.69, 9.17) is 15.2 Å². The van der Waals surface area contributed by atoms with Crippen molar-refractivity contribution in [1.82, 2.24) is 52.8 Å². The fourth-order valence-corrected chi connectivity index (χ4v) is 11.5. The molecule has 1 saturated heterocycles. The Labute approximate surface area is 525 Å². The highest BCUT2D eigenvalue weighted by molar-refractivity contribution is 8.76. The van der Waals surface area contributed by atoms with Crippen molar-refractivity contribution in [2.45, 2.75) is 171 Å². The van der Waals surface area contributed by atoms with Gasteiger partial charge in [0.25, 0.3) is 0 Å². The maximum absolute atomic E-state index is 15.1. The Bertz CT molecular complexity index is 3080. The van der Waals surface area contributed by atoms with E-state index in [0.29, 0.717) is 27.6 Å². The molecule has 28 heteroatoms. The molecule has 3 aromatic carbocycles. The van der Waals surface area contributed by atoms with E-state index in [2.05, 4.69) is 65.5 Å². The lowest BCUT2D eigenvalue weighted by atomic mass is 10.0. The highest BCUT2D eigenvalue weighted by Crippen LogP contribution is 2.26. The molecule has 1 aliphatic rings. The standard InChI is InChI=1S/C60H83N11O14S3/c1-33(72)46-55(81)68-45(54(80)71-47(48(61)74)60(8,9)86)32-88-87-31-44(67-51(77)42(27-34-17-11-10-12-18-34)69-57(83)85-59(5,6)7)53(79)65-41(28-35-22-24-37(73)25-23-35)50(76)66-43(29-36-30-63-39-20-14-13-19-38(36)39)52(78)64-40(49(75)70-46)21-15-16-26-62-56(82)84-58(2,3)4/h10-14,17-20,22-25,30,33,40-47,63,72-73,86H,15-16,21,26-29,31-32H2,1-9H3,(H2,61,74)(H,62,82)(H,64,78)(H,65,79)(H,66,76)(H,67,77)(H,68,81)(H,69,83)(H,70,75)(H,71,80)/t33-,40+,41+,42-,43-,44+,45+,46+,47-/m1/s1. The molecule has 2 heterocycles. The average Bonchev–Trinajstić information content (AvgIpc) is 3.99. The van der Waals surface area contributed by atoms with Crippen LogP contribution in [0.2, 0.25) is 0 Å². The number of ether oxygens (including phenoxy) is 2. The summed E-state index contributed by atoms with van der Waals surface area (Å²) in [5.41, 5.74) is 6.27. The number of carbonyl (C=O) groups excluding carboxylic acids is 10. The van der Waals surface area contributed by atoms with Crippen molar-refractivity contribution in [3.63, 3.8) is 0 Å². The molecule has 0 unspecified atom stereocenters. The van der Waals surface area contributed by atoms with Crippen molar-refractivity contribution < 1.29 is 67.6 Å². The molecule has 1 aliphatic heterocycles. The van der Waals surface area contributed by atoms with Crippen LogP contribution in [0.25, 0.3) is 10.9 Å². The number of fused-ring (bicyclic) bond motifs is 1. The molecule has 5 rings (SSSR count). The van der Waals surface area contributed by atoms with Crippen LogP contribution >= 0.6 is 34.2 Å². The molecule has 480 valence electrons. The topological polar surface area (TPSA) is 380 Å². The number of benzene rings is 3. The predicted octanol–water partition coefficient (Wildman–Crippen LogP) is 2.85. The Hall–Kier alpha value is -7.69. The molecule has 4 aromatic rings. The molecule has 10 amide bonds. The first-order chi connectivity index (χ1) is 41.3. The molecule has 9 atom stereocenters. The third kappa shape index (κ3) is 23.4. The van der Waals surface area contributed by atoms with Gasteiger partial charge in [-0.2, -0.15) is 12.6 Å². The summed E-state index contributed by atoms with van der Waals surface area (Å²) >= 11 is 4.46. The third-order valence-electron chi connectivity index (χ3n) is 13.4. The third-order valence-corrected chi connectivity index (χ3v) is 16.1. The Morgan fingerprint density at radius 3 is 1.89 bits per heavy atom. The summed E-state index contributed by atoms with van der Waals surface area (Å²) in [7, 11) is 1.87. The Morgan fingerprint density at radius 2 is 1.26 bits per heavy atom. The quantitative estimate of drug-likeness (QED) is 0.0365. The van der Waals surface area contributed by atoms with Crippen LogP contribution in [0.4, 0.5) is 9.59 Å². The summed E-state index contributed by atoms with van der Waals surface area (Å²) < 4.78 is 9.62. The van der Waals surface area contributed by atoms with Crippen molar-refractivity contribution in [2.24, 2.45) is 5.73 Å². The normalized spacial score (nSPS) is 20.6. The second-order valence-corrected chi connectivity index (χ2v) is 27.6. The molecule has 25 nitrogen and oxygen atoms in total. The summed E-state index contributed by atoms with van der Waals surface area (Å²) in [4.78, 5) is 145. The monoisotopic (exact) mass is 1280 g/mol. The number of aromatic nitrogens is 1. The van der Waals surface area contributed by atoms with Crippen LogP contribution in [0.3, 0.4) is 0 Å². The van der Waals surface area contributed by atoms with Crippen LogP contribution in [-0.2, 0) is 67.1 Å². The minimum Gasteiger partial charge on any atom is -0.508 e. The van der Waals surface area contributed by atoms with E-state index in [9.17, 15) is 43.8 Å². The maximum atomic E-state index is 15.1. The summed E-state index contributed by atoms with van der Waals surface area (Å²) in [5, 5.41) is 46.0. The molecule has 0 spiro atoms. The first-order valence-corrected chi connectivity index (χ1v) is 31.6. The number of hydrogen-bond acceptors (Lipinski definition) is 17.